The second kappa shape index (κ2) is 7.26. The fourth-order valence-electron chi connectivity index (χ4n) is 4.01. The number of hydrogen-bond donors (Lipinski definition) is 2. The molecule has 0 amide bonds. The molecule has 1 aliphatic rings. The van der Waals surface area contributed by atoms with Crippen LogP contribution in [0.4, 0.5) is 27.6 Å². The van der Waals surface area contributed by atoms with E-state index in [1.807, 2.05) is 0 Å². The number of halogens is 5. The van der Waals surface area contributed by atoms with Crippen molar-refractivity contribution in [3.8, 4) is 0 Å². The Kier molecular flexibility index (Phi) is 4.96. The molecule has 2 atom stereocenters. The van der Waals surface area contributed by atoms with Gasteiger partial charge in [-0.1, -0.05) is 18.2 Å². The van der Waals surface area contributed by atoms with Crippen LogP contribution in [0.25, 0.3) is 16.5 Å². The molecule has 4 nitrogen and oxygen atoms in total. The highest BCUT2D eigenvalue weighted by Crippen LogP contribution is 2.53. The molecule has 0 unspecified atom stereocenters. The third kappa shape index (κ3) is 3.33. The van der Waals surface area contributed by atoms with Gasteiger partial charge in [-0.25, -0.2) is 18.7 Å². The maximum atomic E-state index is 14.7. The molecule has 0 bridgehead atoms. The van der Waals surface area contributed by atoms with E-state index in [0.29, 0.717) is 16.7 Å². The summed E-state index contributed by atoms with van der Waals surface area (Å²) in [5.74, 6) is -1.95. The van der Waals surface area contributed by atoms with Crippen LogP contribution >= 0.6 is 0 Å². The highest BCUT2D eigenvalue weighted by molar-refractivity contribution is 5.91. The average molecular weight is 435 g/mol. The summed E-state index contributed by atoms with van der Waals surface area (Å²) >= 11 is 0. The zero-order chi connectivity index (χ0) is 22.6. The molecule has 2 N–H and O–H groups in total. The summed E-state index contributed by atoms with van der Waals surface area (Å²) in [6.07, 6.45) is -3.28. The summed E-state index contributed by atoms with van der Waals surface area (Å²) in [7, 11) is 0. The summed E-state index contributed by atoms with van der Waals surface area (Å²) in [5.41, 5.74) is -3.14. The molecule has 1 aromatic heterocycles. The Morgan fingerprint density at radius 1 is 1.19 bits per heavy atom. The first-order chi connectivity index (χ1) is 14.6. The Morgan fingerprint density at radius 2 is 1.94 bits per heavy atom. The van der Waals surface area contributed by atoms with E-state index in [9.17, 15) is 27.1 Å². The largest absolute Gasteiger partial charge is 0.419 e. The predicted molar refractivity (Wildman–Crippen MR) is 106 cm³/mol. The van der Waals surface area contributed by atoms with E-state index in [1.54, 1.807) is 19.1 Å². The molecule has 0 fully saturated rings. The van der Waals surface area contributed by atoms with E-state index < -0.39 is 35.9 Å². The minimum absolute atomic E-state index is 0.123. The van der Waals surface area contributed by atoms with E-state index in [1.165, 1.54) is 25.3 Å². The average Bonchev–Trinajstić information content (AvgIpc) is 2.71. The van der Waals surface area contributed by atoms with Crippen LogP contribution in [0.15, 0.2) is 42.6 Å². The topological polar surface area (TPSA) is 58.0 Å². The van der Waals surface area contributed by atoms with Crippen molar-refractivity contribution in [3.63, 3.8) is 0 Å². The highest BCUT2D eigenvalue weighted by Gasteiger charge is 2.61. The molecule has 0 aliphatic heterocycles. The van der Waals surface area contributed by atoms with Gasteiger partial charge in [0.05, 0.1) is 11.6 Å². The van der Waals surface area contributed by atoms with Gasteiger partial charge in [-0.05, 0) is 43.2 Å². The van der Waals surface area contributed by atoms with Crippen LogP contribution in [0.1, 0.15) is 36.3 Å². The number of aliphatic hydroxyl groups is 1. The van der Waals surface area contributed by atoms with Crippen molar-refractivity contribution in [3.05, 3.63) is 71.2 Å². The van der Waals surface area contributed by atoms with Gasteiger partial charge in [0, 0.05) is 29.3 Å². The Hall–Kier alpha value is -3.07. The zero-order valence-corrected chi connectivity index (χ0v) is 16.6. The fraction of sp³-hybridized carbons (Fsp3) is 0.273. The summed E-state index contributed by atoms with van der Waals surface area (Å²) in [5, 5.41) is 14.0. The molecule has 1 aliphatic carbocycles. The van der Waals surface area contributed by atoms with Crippen LogP contribution in [0.2, 0.25) is 0 Å². The number of rotatable bonds is 2. The van der Waals surface area contributed by atoms with Crippen molar-refractivity contribution < 1.29 is 27.1 Å². The quantitative estimate of drug-likeness (QED) is 0.524. The van der Waals surface area contributed by atoms with Crippen LogP contribution in [0, 0.1) is 18.6 Å². The molecule has 0 saturated heterocycles. The van der Waals surface area contributed by atoms with Crippen molar-refractivity contribution >= 4 is 22.2 Å². The normalized spacial score (nSPS) is 22.6. The Labute approximate surface area is 174 Å². The molecule has 2 aromatic carbocycles. The van der Waals surface area contributed by atoms with Gasteiger partial charge in [0.2, 0.25) is 0 Å². The van der Waals surface area contributed by atoms with Crippen molar-refractivity contribution in [2.45, 2.75) is 38.1 Å². The Balaban J connectivity index is 1.95. The van der Waals surface area contributed by atoms with Crippen molar-refractivity contribution in [1.29, 1.82) is 0 Å². The van der Waals surface area contributed by atoms with Crippen LogP contribution in [0.5, 0.6) is 0 Å². The summed E-state index contributed by atoms with van der Waals surface area (Å²) in [6.45, 7) is 3.09. The lowest BCUT2D eigenvalue weighted by Crippen LogP contribution is -2.54. The Bertz CT molecular complexity index is 1210. The summed E-state index contributed by atoms with van der Waals surface area (Å²) < 4.78 is 70.9. The standard InChI is InChI=1S/C22H18F5N3O/c1-3-12-9-21(31,22(25,26)27)20(13-7-8-15(23)19(24)18(12)13)30-17-6-4-5-16-14(17)10-28-11(2)29-16/h3-8,10,20,30-31H,9H2,1-2H3/b12-3-/t20-,21+/m0/s1. The van der Waals surface area contributed by atoms with Crippen molar-refractivity contribution in [2.24, 2.45) is 0 Å². The van der Waals surface area contributed by atoms with Gasteiger partial charge in [0.15, 0.2) is 17.2 Å². The predicted octanol–water partition coefficient (Wildman–Crippen LogP) is 5.47. The number of aromatic nitrogens is 2. The third-order valence-electron chi connectivity index (χ3n) is 5.58. The van der Waals surface area contributed by atoms with E-state index in [4.69, 9.17) is 0 Å². The molecular formula is C22H18F5N3O. The van der Waals surface area contributed by atoms with Crippen LogP contribution in [-0.4, -0.2) is 26.9 Å². The SMILES string of the molecule is C/C=C1/C[C@](O)(C(F)(F)F)[C@@H](Nc2cccc3nc(C)ncc23)c2ccc(F)c(F)c21. The second-order valence-electron chi connectivity index (χ2n) is 7.47. The molecule has 4 rings (SSSR count). The number of benzene rings is 2. The van der Waals surface area contributed by atoms with Gasteiger partial charge in [-0.15, -0.1) is 0 Å². The maximum Gasteiger partial charge on any atom is 0.419 e. The van der Waals surface area contributed by atoms with E-state index in [0.717, 1.165) is 12.1 Å². The van der Waals surface area contributed by atoms with Gasteiger partial charge in [-0.2, -0.15) is 13.2 Å². The lowest BCUT2D eigenvalue weighted by molar-refractivity contribution is -0.265. The minimum atomic E-state index is -5.06. The molecule has 0 radical (unpaired) electrons. The lowest BCUT2D eigenvalue weighted by atomic mass is 9.72. The van der Waals surface area contributed by atoms with E-state index in [2.05, 4.69) is 15.3 Å². The molecule has 31 heavy (non-hydrogen) atoms. The molecule has 9 heteroatoms. The summed E-state index contributed by atoms with van der Waals surface area (Å²) in [4.78, 5) is 8.34. The number of fused-ring (bicyclic) bond motifs is 2. The first kappa shape index (κ1) is 21.2. The molecular weight excluding hydrogens is 417 g/mol. The number of anilines is 1. The van der Waals surface area contributed by atoms with Crippen LogP contribution in [0.3, 0.4) is 0 Å². The summed E-state index contributed by atoms with van der Waals surface area (Å²) in [6, 6.07) is 4.81. The Morgan fingerprint density at radius 3 is 2.61 bits per heavy atom. The smallest absolute Gasteiger partial charge is 0.378 e. The van der Waals surface area contributed by atoms with Gasteiger partial charge < -0.3 is 10.4 Å². The molecule has 3 aromatic rings. The third-order valence-corrected chi connectivity index (χ3v) is 5.58. The minimum Gasteiger partial charge on any atom is -0.378 e. The molecule has 1 heterocycles. The van der Waals surface area contributed by atoms with Gasteiger partial charge in [0.1, 0.15) is 5.82 Å². The number of nitrogens with one attached hydrogen (secondary N) is 1. The maximum absolute atomic E-state index is 14.7. The monoisotopic (exact) mass is 435 g/mol. The lowest BCUT2D eigenvalue weighted by Gasteiger charge is -2.44. The number of alkyl halides is 3. The molecule has 0 spiro atoms. The molecule has 162 valence electrons. The van der Waals surface area contributed by atoms with Gasteiger partial charge >= 0.3 is 6.18 Å². The second-order valence-corrected chi connectivity index (χ2v) is 7.47. The fourth-order valence-corrected chi connectivity index (χ4v) is 4.01. The van der Waals surface area contributed by atoms with Crippen molar-refractivity contribution in [2.75, 3.05) is 5.32 Å². The van der Waals surface area contributed by atoms with Crippen molar-refractivity contribution in [1.82, 2.24) is 9.97 Å². The van der Waals surface area contributed by atoms with Gasteiger partial charge in [-0.3, -0.25) is 0 Å². The van der Waals surface area contributed by atoms with E-state index >= 15 is 0 Å². The van der Waals surface area contributed by atoms with Crippen LogP contribution in [-0.2, 0) is 0 Å². The zero-order valence-electron chi connectivity index (χ0n) is 16.6. The van der Waals surface area contributed by atoms with E-state index in [-0.39, 0.29) is 22.4 Å². The first-order valence-electron chi connectivity index (χ1n) is 9.48. The first-order valence-corrected chi connectivity index (χ1v) is 9.48. The van der Waals surface area contributed by atoms with Crippen LogP contribution < -0.4 is 5.32 Å². The number of allylic oxidation sites excluding steroid dienone is 1. The molecule has 0 saturated carbocycles. The van der Waals surface area contributed by atoms with Gasteiger partial charge in [0.25, 0.3) is 0 Å². The number of aryl methyl sites for hydroxylation is 1. The number of hydrogen-bond acceptors (Lipinski definition) is 4. The number of nitrogens with zero attached hydrogens (tertiary/aromatic N) is 2. The highest BCUT2D eigenvalue weighted by atomic mass is 19.4.